The van der Waals surface area contributed by atoms with Crippen molar-refractivity contribution >= 4 is 29.2 Å². The third-order valence-electron chi connectivity index (χ3n) is 3.42. The average Bonchev–Trinajstić information content (AvgIpc) is 2.49. The minimum Gasteiger partial charge on any atom is -0.465 e. The van der Waals surface area contributed by atoms with Gasteiger partial charge in [0.15, 0.2) is 5.41 Å². The molecule has 0 atom stereocenters. The molecule has 1 aromatic rings. The maximum atomic E-state index is 12.4. The summed E-state index contributed by atoms with van der Waals surface area (Å²) in [6.07, 6.45) is 0.0683. The predicted octanol–water partition coefficient (Wildman–Crippen LogP) is 3.02. The molecule has 7 nitrogen and oxygen atoms in total. The van der Waals surface area contributed by atoms with Crippen LogP contribution in [0.25, 0.3) is 0 Å². The third kappa shape index (κ3) is 3.61. The summed E-state index contributed by atoms with van der Waals surface area (Å²) >= 11 is 5.91. The van der Waals surface area contributed by atoms with Crippen LogP contribution < -0.4 is 0 Å². The number of hydrogen-bond acceptors (Lipinski definition) is 6. The second-order valence-corrected chi connectivity index (χ2v) is 5.03. The Morgan fingerprint density at radius 1 is 1.17 bits per heavy atom. The van der Waals surface area contributed by atoms with E-state index < -0.39 is 22.3 Å². The molecular formula is C15H18ClNO6. The minimum absolute atomic E-state index is 0.0683. The molecule has 0 radical (unpaired) electrons. The molecule has 0 spiro atoms. The lowest BCUT2D eigenvalue weighted by atomic mass is 9.78. The molecule has 0 heterocycles. The molecular weight excluding hydrogens is 326 g/mol. The number of halogens is 1. The van der Waals surface area contributed by atoms with Gasteiger partial charge in [0.1, 0.15) is 5.02 Å². The van der Waals surface area contributed by atoms with Crippen molar-refractivity contribution in [2.75, 3.05) is 13.2 Å². The van der Waals surface area contributed by atoms with Crippen LogP contribution >= 0.6 is 11.6 Å². The lowest BCUT2D eigenvalue weighted by Crippen LogP contribution is -2.45. The number of esters is 2. The first-order chi connectivity index (χ1) is 10.8. The highest BCUT2D eigenvalue weighted by Crippen LogP contribution is 2.36. The molecule has 126 valence electrons. The van der Waals surface area contributed by atoms with E-state index in [2.05, 4.69) is 0 Å². The standard InChI is InChI=1S/C15H18ClNO6/c1-4-15(13(18)22-5-2,14(19)23-6-3)10-7-8-12(17(20)21)11(16)9-10/h7-9H,4-6H2,1-3H3. The van der Waals surface area contributed by atoms with Crippen molar-refractivity contribution in [3.8, 4) is 0 Å². The fourth-order valence-electron chi connectivity index (χ4n) is 2.24. The zero-order chi connectivity index (χ0) is 17.6. The number of hydrogen-bond donors (Lipinski definition) is 0. The number of nitro benzene ring substituents is 1. The summed E-state index contributed by atoms with van der Waals surface area (Å²) in [6.45, 7) is 5.03. The van der Waals surface area contributed by atoms with Crippen LogP contribution in [0, 0.1) is 10.1 Å². The van der Waals surface area contributed by atoms with Gasteiger partial charge in [-0.1, -0.05) is 24.6 Å². The molecule has 0 N–H and O–H groups in total. The molecule has 0 fully saturated rings. The maximum absolute atomic E-state index is 12.4. The summed E-state index contributed by atoms with van der Waals surface area (Å²) in [6, 6.07) is 3.71. The quantitative estimate of drug-likeness (QED) is 0.327. The SMILES string of the molecule is CCOC(=O)C(CC)(C(=O)OCC)c1ccc([N+](=O)[O-])c(Cl)c1. The van der Waals surface area contributed by atoms with Gasteiger partial charge in [0.25, 0.3) is 5.69 Å². The van der Waals surface area contributed by atoms with Crippen molar-refractivity contribution in [3.05, 3.63) is 38.9 Å². The summed E-state index contributed by atoms with van der Waals surface area (Å²) in [4.78, 5) is 35.1. The molecule has 8 heteroatoms. The lowest BCUT2D eigenvalue weighted by Gasteiger charge is -2.28. The Kier molecular flexibility index (Phi) is 6.50. The Hall–Kier alpha value is -2.15. The second kappa shape index (κ2) is 7.92. The summed E-state index contributed by atoms with van der Waals surface area (Å²) < 4.78 is 10.0. The van der Waals surface area contributed by atoms with Crippen molar-refractivity contribution in [3.63, 3.8) is 0 Å². The van der Waals surface area contributed by atoms with Crippen LogP contribution in [-0.4, -0.2) is 30.1 Å². The van der Waals surface area contributed by atoms with Gasteiger partial charge in [-0.2, -0.15) is 0 Å². The van der Waals surface area contributed by atoms with Crippen LogP contribution in [0.4, 0.5) is 5.69 Å². The van der Waals surface area contributed by atoms with E-state index in [-0.39, 0.29) is 35.9 Å². The lowest BCUT2D eigenvalue weighted by molar-refractivity contribution is -0.384. The Bertz CT molecular complexity index is 598. The Labute approximate surface area is 138 Å². The molecule has 0 amide bonds. The molecule has 0 unspecified atom stereocenters. The van der Waals surface area contributed by atoms with Crippen molar-refractivity contribution < 1.29 is 24.0 Å². The van der Waals surface area contributed by atoms with Crippen molar-refractivity contribution in [1.29, 1.82) is 0 Å². The Balaban J connectivity index is 3.50. The number of benzene rings is 1. The van der Waals surface area contributed by atoms with Gasteiger partial charge in [0.2, 0.25) is 0 Å². The van der Waals surface area contributed by atoms with Gasteiger partial charge in [-0.25, -0.2) is 0 Å². The highest BCUT2D eigenvalue weighted by molar-refractivity contribution is 6.32. The molecule has 0 aliphatic carbocycles. The van der Waals surface area contributed by atoms with Gasteiger partial charge in [-0.15, -0.1) is 0 Å². The van der Waals surface area contributed by atoms with Crippen LogP contribution in [0.15, 0.2) is 18.2 Å². The highest BCUT2D eigenvalue weighted by atomic mass is 35.5. The predicted molar refractivity (Wildman–Crippen MR) is 83.3 cm³/mol. The van der Waals surface area contributed by atoms with E-state index in [9.17, 15) is 19.7 Å². The molecule has 0 aromatic heterocycles. The Morgan fingerprint density at radius 2 is 1.70 bits per heavy atom. The topological polar surface area (TPSA) is 95.7 Å². The van der Waals surface area contributed by atoms with Gasteiger partial charge in [-0.05, 0) is 31.9 Å². The van der Waals surface area contributed by atoms with Gasteiger partial charge >= 0.3 is 11.9 Å². The molecule has 0 aliphatic heterocycles. The number of rotatable bonds is 7. The van der Waals surface area contributed by atoms with E-state index in [0.717, 1.165) is 6.07 Å². The normalized spacial score (nSPS) is 11.0. The van der Waals surface area contributed by atoms with Crippen molar-refractivity contribution in [2.45, 2.75) is 32.6 Å². The van der Waals surface area contributed by atoms with Crippen molar-refractivity contribution in [1.82, 2.24) is 0 Å². The van der Waals surface area contributed by atoms with E-state index >= 15 is 0 Å². The molecule has 0 saturated heterocycles. The Morgan fingerprint density at radius 3 is 2.04 bits per heavy atom. The fraction of sp³-hybridized carbons (Fsp3) is 0.467. The summed E-state index contributed by atoms with van der Waals surface area (Å²) in [7, 11) is 0. The fourth-order valence-corrected chi connectivity index (χ4v) is 2.49. The van der Waals surface area contributed by atoms with Gasteiger partial charge < -0.3 is 9.47 Å². The van der Waals surface area contributed by atoms with Crippen LogP contribution in [-0.2, 0) is 24.5 Å². The van der Waals surface area contributed by atoms with E-state index in [0.29, 0.717) is 0 Å². The average molecular weight is 344 g/mol. The van der Waals surface area contributed by atoms with Crippen LogP contribution in [0.5, 0.6) is 0 Å². The van der Waals surface area contributed by atoms with E-state index in [1.54, 1.807) is 20.8 Å². The van der Waals surface area contributed by atoms with Crippen LogP contribution in [0.2, 0.25) is 5.02 Å². The zero-order valence-corrected chi connectivity index (χ0v) is 13.9. The highest BCUT2D eigenvalue weighted by Gasteiger charge is 2.49. The maximum Gasteiger partial charge on any atom is 0.328 e. The van der Waals surface area contributed by atoms with Crippen LogP contribution in [0.3, 0.4) is 0 Å². The number of ether oxygens (including phenoxy) is 2. The monoisotopic (exact) mass is 343 g/mol. The van der Waals surface area contributed by atoms with E-state index in [1.807, 2.05) is 0 Å². The van der Waals surface area contributed by atoms with E-state index in [4.69, 9.17) is 21.1 Å². The first kappa shape index (κ1) is 18.9. The van der Waals surface area contributed by atoms with Gasteiger partial charge in [-0.3, -0.25) is 19.7 Å². The smallest absolute Gasteiger partial charge is 0.328 e. The molecule has 1 aromatic carbocycles. The molecule has 0 aliphatic rings. The second-order valence-electron chi connectivity index (χ2n) is 4.62. The zero-order valence-electron chi connectivity index (χ0n) is 13.1. The summed E-state index contributed by atoms with van der Waals surface area (Å²) in [5.41, 5.74) is -1.81. The van der Waals surface area contributed by atoms with Gasteiger partial charge in [0, 0.05) is 6.07 Å². The largest absolute Gasteiger partial charge is 0.465 e. The summed E-state index contributed by atoms with van der Waals surface area (Å²) in [5.74, 6) is -1.54. The summed E-state index contributed by atoms with van der Waals surface area (Å²) in [5, 5.41) is 10.7. The number of carbonyl (C=O) groups excluding carboxylic acids is 2. The number of nitrogens with zero attached hydrogens (tertiary/aromatic N) is 1. The first-order valence-electron chi connectivity index (χ1n) is 7.13. The van der Waals surface area contributed by atoms with Gasteiger partial charge in [0.05, 0.1) is 18.1 Å². The molecule has 0 bridgehead atoms. The van der Waals surface area contributed by atoms with E-state index in [1.165, 1.54) is 12.1 Å². The molecule has 23 heavy (non-hydrogen) atoms. The third-order valence-corrected chi connectivity index (χ3v) is 3.72. The number of carbonyl (C=O) groups is 2. The molecule has 0 saturated carbocycles. The first-order valence-corrected chi connectivity index (χ1v) is 7.51. The number of nitro groups is 1. The van der Waals surface area contributed by atoms with Crippen molar-refractivity contribution in [2.24, 2.45) is 0 Å². The van der Waals surface area contributed by atoms with Crippen LogP contribution in [0.1, 0.15) is 32.8 Å². The minimum atomic E-state index is -1.70. The molecule has 1 rings (SSSR count).